The molecule has 5 rings (SSSR count). The minimum Gasteiger partial charge on any atom is -0.497 e. The number of piperazine rings is 1. The molecule has 31 heavy (non-hydrogen) atoms. The third-order valence-electron chi connectivity index (χ3n) is 6.05. The van der Waals surface area contributed by atoms with Crippen LogP contribution in [0.4, 0.5) is 0 Å². The number of methoxy groups -OCH3 is 1. The smallest absolute Gasteiger partial charge is 0.336 e. The summed E-state index contributed by atoms with van der Waals surface area (Å²) < 4.78 is 11.9. The lowest BCUT2D eigenvalue weighted by atomic mass is 10.1. The van der Waals surface area contributed by atoms with Gasteiger partial charge in [0.15, 0.2) is 0 Å². The van der Waals surface area contributed by atoms with E-state index in [0.29, 0.717) is 17.4 Å². The number of benzene rings is 2. The molecule has 160 valence electrons. The Morgan fingerprint density at radius 3 is 2.71 bits per heavy atom. The fourth-order valence-electron chi connectivity index (χ4n) is 4.24. The van der Waals surface area contributed by atoms with Gasteiger partial charge in [0.1, 0.15) is 16.3 Å². The molecule has 1 saturated heterocycles. The van der Waals surface area contributed by atoms with E-state index in [4.69, 9.17) is 14.1 Å². The Labute approximate surface area is 184 Å². The first-order valence-electron chi connectivity index (χ1n) is 10.5. The molecule has 0 radical (unpaired) electrons. The Kier molecular flexibility index (Phi) is 5.48. The maximum absolute atomic E-state index is 12.1. The average Bonchev–Trinajstić information content (AvgIpc) is 3.23. The van der Waals surface area contributed by atoms with Gasteiger partial charge in [0, 0.05) is 50.2 Å². The van der Waals surface area contributed by atoms with Crippen molar-refractivity contribution in [1.82, 2.24) is 14.8 Å². The molecule has 0 spiro atoms. The van der Waals surface area contributed by atoms with Crippen molar-refractivity contribution < 1.29 is 9.15 Å². The number of ether oxygens (including phenoxy) is 1. The summed E-state index contributed by atoms with van der Waals surface area (Å²) in [4.78, 5) is 21.8. The van der Waals surface area contributed by atoms with E-state index in [9.17, 15) is 4.79 Å². The molecule has 4 aromatic rings. The Morgan fingerprint density at radius 2 is 1.94 bits per heavy atom. The van der Waals surface area contributed by atoms with Gasteiger partial charge in [0.25, 0.3) is 0 Å². The number of thiazole rings is 1. The standard InChI is InChI=1S/C24H25N3O3S/c1-16(24-25-20-5-3-4-6-22(20)31-24)27-11-9-26(10-12-27)15-17-13-23(28)30-21-14-18(29-2)7-8-19(17)21/h3-8,13-14,16H,9-12,15H2,1-2H3/t16-/m0/s1. The lowest BCUT2D eigenvalue weighted by Gasteiger charge is -2.37. The molecule has 0 bridgehead atoms. The normalized spacial score (nSPS) is 16.7. The van der Waals surface area contributed by atoms with Gasteiger partial charge in [-0.3, -0.25) is 9.80 Å². The zero-order valence-corrected chi connectivity index (χ0v) is 18.5. The van der Waals surface area contributed by atoms with Crippen LogP contribution in [0.25, 0.3) is 21.2 Å². The molecule has 3 heterocycles. The molecular formula is C24H25N3O3S. The molecule has 2 aromatic heterocycles. The van der Waals surface area contributed by atoms with Crippen LogP contribution in [0.1, 0.15) is 23.5 Å². The molecular weight excluding hydrogens is 410 g/mol. The molecule has 0 N–H and O–H groups in total. The maximum Gasteiger partial charge on any atom is 0.336 e. The lowest BCUT2D eigenvalue weighted by molar-refractivity contribution is 0.0980. The molecule has 0 aliphatic carbocycles. The maximum atomic E-state index is 12.1. The minimum atomic E-state index is -0.321. The molecule has 1 aliphatic rings. The molecule has 1 aliphatic heterocycles. The fourth-order valence-corrected chi connectivity index (χ4v) is 5.30. The Balaban J connectivity index is 1.28. The fraction of sp³-hybridized carbons (Fsp3) is 0.333. The van der Waals surface area contributed by atoms with E-state index < -0.39 is 0 Å². The van der Waals surface area contributed by atoms with E-state index in [0.717, 1.165) is 49.2 Å². The van der Waals surface area contributed by atoms with E-state index in [2.05, 4.69) is 34.9 Å². The summed E-state index contributed by atoms with van der Waals surface area (Å²) in [5.74, 6) is 0.685. The summed E-state index contributed by atoms with van der Waals surface area (Å²) in [5.41, 5.74) is 2.34. The first kappa shape index (κ1) is 20.2. The number of aromatic nitrogens is 1. The number of hydrogen-bond donors (Lipinski definition) is 0. The molecule has 7 heteroatoms. The van der Waals surface area contributed by atoms with Crippen molar-refractivity contribution >= 4 is 32.5 Å². The van der Waals surface area contributed by atoms with E-state index in [-0.39, 0.29) is 5.63 Å². The molecule has 1 atom stereocenters. The van der Waals surface area contributed by atoms with Gasteiger partial charge in [-0.1, -0.05) is 12.1 Å². The largest absolute Gasteiger partial charge is 0.497 e. The highest BCUT2D eigenvalue weighted by Gasteiger charge is 2.24. The Bertz CT molecular complexity index is 1240. The van der Waals surface area contributed by atoms with Gasteiger partial charge in [0.2, 0.25) is 0 Å². The van der Waals surface area contributed by atoms with Crippen molar-refractivity contribution in [2.45, 2.75) is 19.5 Å². The Morgan fingerprint density at radius 1 is 1.13 bits per heavy atom. The van der Waals surface area contributed by atoms with Crippen LogP contribution in [0.5, 0.6) is 5.75 Å². The quantitative estimate of drug-likeness (QED) is 0.436. The SMILES string of the molecule is COc1ccc2c(CN3CCN([C@@H](C)c4nc5ccccc5s4)CC3)cc(=O)oc2c1. The molecule has 0 amide bonds. The number of rotatable bonds is 5. The van der Waals surface area contributed by atoms with Crippen LogP contribution in [0, 0.1) is 0 Å². The topological polar surface area (TPSA) is 58.8 Å². The van der Waals surface area contributed by atoms with Crippen LogP contribution in [-0.4, -0.2) is 48.1 Å². The highest BCUT2D eigenvalue weighted by molar-refractivity contribution is 7.18. The van der Waals surface area contributed by atoms with Crippen molar-refractivity contribution in [3.63, 3.8) is 0 Å². The first-order chi connectivity index (χ1) is 15.1. The van der Waals surface area contributed by atoms with Crippen LogP contribution in [-0.2, 0) is 6.54 Å². The number of fused-ring (bicyclic) bond motifs is 2. The van der Waals surface area contributed by atoms with Gasteiger partial charge in [-0.2, -0.15) is 0 Å². The van der Waals surface area contributed by atoms with Crippen LogP contribution >= 0.6 is 11.3 Å². The van der Waals surface area contributed by atoms with Crippen LogP contribution < -0.4 is 10.4 Å². The van der Waals surface area contributed by atoms with Crippen molar-refractivity contribution in [2.24, 2.45) is 0 Å². The van der Waals surface area contributed by atoms with Gasteiger partial charge in [-0.05, 0) is 36.8 Å². The second-order valence-electron chi connectivity index (χ2n) is 7.96. The molecule has 1 fully saturated rings. The second-order valence-corrected chi connectivity index (χ2v) is 9.02. The zero-order valence-electron chi connectivity index (χ0n) is 17.7. The summed E-state index contributed by atoms with van der Waals surface area (Å²) in [7, 11) is 1.61. The predicted octanol–water partition coefficient (Wildman–Crippen LogP) is 4.29. The molecule has 0 saturated carbocycles. The zero-order chi connectivity index (χ0) is 21.4. The highest BCUT2D eigenvalue weighted by atomic mass is 32.1. The van der Waals surface area contributed by atoms with Crippen molar-refractivity contribution in [1.29, 1.82) is 0 Å². The van der Waals surface area contributed by atoms with E-state index in [1.165, 1.54) is 9.71 Å². The lowest BCUT2D eigenvalue weighted by Crippen LogP contribution is -2.46. The van der Waals surface area contributed by atoms with Crippen molar-refractivity contribution in [3.05, 3.63) is 69.5 Å². The van der Waals surface area contributed by atoms with Gasteiger partial charge >= 0.3 is 5.63 Å². The second kappa shape index (κ2) is 8.42. The third kappa shape index (κ3) is 4.08. The summed E-state index contributed by atoms with van der Waals surface area (Å²) in [6.07, 6.45) is 0. The van der Waals surface area contributed by atoms with E-state index in [1.54, 1.807) is 30.6 Å². The highest BCUT2D eigenvalue weighted by Crippen LogP contribution is 2.30. The summed E-state index contributed by atoms with van der Waals surface area (Å²) in [6.45, 7) is 6.84. The number of hydrogen-bond acceptors (Lipinski definition) is 7. The average molecular weight is 436 g/mol. The number of nitrogens with zero attached hydrogens (tertiary/aromatic N) is 3. The van der Waals surface area contributed by atoms with Gasteiger partial charge in [0.05, 0.1) is 23.4 Å². The van der Waals surface area contributed by atoms with Gasteiger partial charge in [-0.15, -0.1) is 11.3 Å². The third-order valence-corrected chi connectivity index (χ3v) is 7.26. The van der Waals surface area contributed by atoms with Gasteiger partial charge < -0.3 is 9.15 Å². The van der Waals surface area contributed by atoms with E-state index in [1.807, 2.05) is 18.2 Å². The molecule has 6 nitrogen and oxygen atoms in total. The van der Waals surface area contributed by atoms with Crippen LogP contribution in [0.15, 0.2) is 57.7 Å². The minimum absolute atomic E-state index is 0.302. The number of para-hydroxylation sites is 1. The van der Waals surface area contributed by atoms with Gasteiger partial charge in [-0.25, -0.2) is 9.78 Å². The Hall–Kier alpha value is -2.74. The first-order valence-corrected chi connectivity index (χ1v) is 11.3. The summed E-state index contributed by atoms with van der Waals surface area (Å²) in [6, 6.07) is 15.9. The molecule has 0 unspecified atom stereocenters. The van der Waals surface area contributed by atoms with Crippen LogP contribution in [0.2, 0.25) is 0 Å². The van der Waals surface area contributed by atoms with Crippen LogP contribution in [0.3, 0.4) is 0 Å². The van der Waals surface area contributed by atoms with Crippen molar-refractivity contribution in [2.75, 3.05) is 33.3 Å². The monoisotopic (exact) mass is 435 g/mol. The predicted molar refractivity (Wildman–Crippen MR) is 124 cm³/mol. The van der Waals surface area contributed by atoms with Crippen molar-refractivity contribution in [3.8, 4) is 5.75 Å². The summed E-state index contributed by atoms with van der Waals surface area (Å²) in [5, 5.41) is 2.14. The van der Waals surface area contributed by atoms with E-state index >= 15 is 0 Å². The summed E-state index contributed by atoms with van der Waals surface area (Å²) >= 11 is 1.79. The molecule has 2 aromatic carbocycles.